The predicted molar refractivity (Wildman–Crippen MR) is 98.7 cm³/mol. The van der Waals surface area contributed by atoms with E-state index in [9.17, 15) is 9.18 Å². The minimum atomic E-state index is -0.362. The summed E-state index contributed by atoms with van der Waals surface area (Å²) in [6.45, 7) is 0. The van der Waals surface area contributed by atoms with Gasteiger partial charge in [0.25, 0.3) is 0 Å². The maximum absolute atomic E-state index is 12.9. The molecule has 3 nitrogen and oxygen atoms in total. The van der Waals surface area contributed by atoms with Gasteiger partial charge in [0.15, 0.2) is 14.1 Å². The van der Waals surface area contributed by atoms with Crippen LogP contribution < -0.4 is 0 Å². The SMILES string of the molecule is O=C(CSc1nn(-c2ccc(Cl)cc2)c(=S)s1)c1ccc(F)cc1. The Morgan fingerprint density at radius 2 is 1.88 bits per heavy atom. The number of carbonyl (C=O) groups is 1. The van der Waals surface area contributed by atoms with E-state index in [4.69, 9.17) is 23.8 Å². The van der Waals surface area contributed by atoms with Crippen LogP contribution >= 0.6 is 46.9 Å². The lowest BCUT2D eigenvalue weighted by molar-refractivity contribution is 0.102. The molecular weight excluding hydrogens is 387 g/mol. The molecule has 0 aliphatic carbocycles. The second kappa shape index (κ2) is 7.57. The molecule has 0 spiro atoms. The minimum Gasteiger partial charge on any atom is -0.293 e. The van der Waals surface area contributed by atoms with Crippen LogP contribution in [0.5, 0.6) is 0 Å². The van der Waals surface area contributed by atoms with Crippen molar-refractivity contribution < 1.29 is 9.18 Å². The third-order valence-corrected chi connectivity index (χ3v) is 5.71. The van der Waals surface area contributed by atoms with Crippen molar-refractivity contribution in [2.24, 2.45) is 0 Å². The normalized spacial score (nSPS) is 10.8. The van der Waals surface area contributed by atoms with E-state index in [1.54, 1.807) is 16.8 Å². The van der Waals surface area contributed by atoms with Crippen molar-refractivity contribution in [1.82, 2.24) is 9.78 Å². The highest BCUT2D eigenvalue weighted by atomic mass is 35.5. The quantitative estimate of drug-likeness (QED) is 0.327. The molecule has 3 rings (SSSR count). The zero-order valence-corrected chi connectivity index (χ0v) is 15.3. The van der Waals surface area contributed by atoms with Crippen LogP contribution in [0.1, 0.15) is 10.4 Å². The zero-order chi connectivity index (χ0) is 17.1. The molecule has 0 saturated carbocycles. The summed E-state index contributed by atoms with van der Waals surface area (Å²) < 4.78 is 15.8. The first kappa shape index (κ1) is 17.3. The Hall–Kier alpha value is -1.54. The van der Waals surface area contributed by atoms with Gasteiger partial charge in [0.05, 0.1) is 11.4 Å². The van der Waals surface area contributed by atoms with Gasteiger partial charge in [0.1, 0.15) is 5.82 Å². The van der Waals surface area contributed by atoms with Gasteiger partial charge in [-0.2, -0.15) is 0 Å². The molecule has 0 radical (unpaired) electrons. The molecular formula is C16H10ClFN2OS3. The van der Waals surface area contributed by atoms with Crippen LogP contribution in [0.25, 0.3) is 5.69 Å². The fourth-order valence-corrected chi connectivity index (χ4v) is 4.29. The predicted octanol–water partition coefficient (Wildman–Crippen LogP) is 5.43. The summed E-state index contributed by atoms with van der Waals surface area (Å²) in [6, 6.07) is 12.7. The van der Waals surface area contributed by atoms with Gasteiger partial charge in [-0.05, 0) is 60.7 Å². The largest absolute Gasteiger partial charge is 0.293 e. The molecule has 1 heterocycles. The molecule has 0 atom stereocenters. The fourth-order valence-electron chi connectivity index (χ4n) is 1.91. The summed E-state index contributed by atoms with van der Waals surface area (Å²) in [5, 5.41) is 5.07. The Bertz CT molecular complexity index is 920. The maximum Gasteiger partial charge on any atom is 0.184 e. The van der Waals surface area contributed by atoms with Gasteiger partial charge in [-0.1, -0.05) is 34.7 Å². The van der Waals surface area contributed by atoms with Gasteiger partial charge in [-0.15, -0.1) is 5.10 Å². The summed E-state index contributed by atoms with van der Waals surface area (Å²) in [7, 11) is 0. The topological polar surface area (TPSA) is 34.9 Å². The minimum absolute atomic E-state index is 0.0841. The lowest BCUT2D eigenvalue weighted by Gasteiger charge is -2.01. The first-order chi connectivity index (χ1) is 11.5. The molecule has 2 aromatic carbocycles. The Labute approximate surface area is 156 Å². The Kier molecular flexibility index (Phi) is 5.45. The first-order valence-electron chi connectivity index (χ1n) is 6.80. The molecule has 0 N–H and O–H groups in total. The standard InChI is InChI=1S/C16H10ClFN2OS3/c17-11-3-7-13(8-4-11)20-16(22)24-15(19-20)23-9-14(21)10-1-5-12(18)6-2-10/h1-8H,9H2. The van der Waals surface area contributed by atoms with Crippen LogP contribution in [0.3, 0.4) is 0 Å². The molecule has 0 aliphatic heterocycles. The van der Waals surface area contributed by atoms with Gasteiger partial charge in [0.2, 0.25) is 0 Å². The highest BCUT2D eigenvalue weighted by Gasteiger charge is 2.11. The molecule has 0 aliphatic rings. The van der Waals surface area contributed by atoms with E-state index in [0.29, 0.717) is 18.9 Å². The van der Waals surface area contributed by atoms with Crippen molar-refractivity contribution >= 4 is 52.7 Å². The number of aromatic nitrogens is 2. The molecule has 0 amide bonds. The number of halogens is 2. The first-order valence-corrected chi connectivity index (χ1v) is 9.39. The van der Waals surface area contributed by atoms with Crippen LogP contribution in [-0.2, 0) is 0 Å². The zero-order valence-electron chi connectivity index (χ0n) is 12.1. The Balaban J connectivity index is 1.71. The second-order valence-corrected chi connectivity index (χ2v) is 8.02. The van der Waals surface area contributed by atoms with E-state index >= 15 is 0 Å². The van der Waals surface area contributed by atoms with Crippen molar-refractivity contribution in [3.05, 3.63) is 68.9 Å². The monoisotopic (exact) mass is 396 g/mol. The number of hydrogen-bond acceptors (Lipinski definition) is 5. The average molecular weight is 397 g/mol. The fraction of sp³-hybridized carbons (Fsp3) is 0.0625. The van der Waals surface area contributed by atoms with Crippen LogP contribution in [0.4, 0.5) is 4.39 Å². The molecule has 0 bridgehead atoms. The molecule has 8 heteroatoms. The van der Waals surface area contributed by atoms with E-state index in [0.717, 1.165) is 5.69 Å². The number of hydrogen-bond donors (Lipinski definition) is 0. The summed E-state index contributed by atoms with van der Waals surface area (Å²) >= 11 is 13.8. The molecule has 0 fully saturated rings. The average Bonchev–Trinajstić information content (AvgIpc) is 2.95. The highest BCUT2D eigenvalue weighted by Crippen LogP contribution is 2.25. The Morgan fingerprint density at radius 1 is 1.21 bits per heavy atom. The Morgan fingerprint density at radius 3 is 2.54 bits per heavy atom. The van der Waals surface area contributed by atoms with E-state index in [1.807, 2.05) is 12.1 Å². The highest BCUT2D eigenvalue weighted by molar-refractivity contribution is 8.01. The summed E-state index contributed by atoms with van der Waals surface area (Å²) in [4.78, 5) is 12.1. The van der Waals surface area contributed by atoms with Crippen molar-refractivity contribution in [3.63, 3.8) is 0 Å². The summed E-state index contributed by atoms with van der Waals surface area (Å²) in [5.41, 5.74) is 1.29. The van der Waals surface area contributed by atoms with Gasteiger partial charge in [-0.25, -0.2) is 9.07 Å². The van der Waals surface area contributed by atoms with E-state index in [2.05, 4.69) is 5.10 Å². The third kappa shape index (κ3) is 4.10. The van der Waals surface area contributed by atoms with Crippen molar-refractivity contribution in [2.75, 3.05) is 5.75 Å². The summed E-state index contributed by atoms with van der Waals surface area (Å²) in [5.74, 6) is -0.229. The van der Waals surface area contributed by atoms with Gasteiger partial charge >= 0.3 is 0 Å². The molecule has 0 unspecified atom stereocenters. The summed E-state index contributed by atoms with van der Waals surface area (Å²) in [6.07, 6.45) is 0. The number of Topliss-reactive ketones (excluding diaryl/α,β-unsaturated/α-hetero) is 1. The van der Waals surface area contributed by atoms with Crippen molar-refractivity contribution in [2.45, 2.75) is 4.34 Å². The lowest BCUT2D eigenvalue weighted by atomic mass is 10.1. The van der Waals surface area contributed by atoms with E-state index in [-0.39, 0.29) is 17.4 Å². The van der Waals surface area contributed by atoms with Crippen LogP contribution in [-0.4, -0.2) is 21.3 Å². The van der Waals surface area contributed by atoms with Crippen LogP contribution in [0.2, 0.25) is 5.02 Å². The molecule has 3 aromatic rings. The van der Waals surface area contributed by atoms with Gasteiger partial charge in [0, 0.05) is 10.6 Å². The van der Waals surface area contributed by atoms with E-state index in [1.165, 1.54) is 47.4 Å². The van der Waals surface area contributed by atoms with E-state index < -0.39 is 0 Å². The van der Waals surface area contributed by atoms with Gasteiger partial charge in [-0.3, -0.25) is 4.79 Å². The lowest BCUT2D eigenvalue weighted by Crippen LogP contribution is -2.02. The van der Waals surface area contributed by atoms with Crippen LogP contribution in [0.15, 0.2) is 52.9 Å². The number of benzene rings is 2. The number of carbonyl (C=O) groups excluding carboxylic acids is 1. The van der Waals surface area contributed by atoms with Crippen LogP contribution in [0, 0.1) is 9.77 Å². The molecule has 1 aromatic heterocycles. The smallest absolute Gasteiger partial charge is 0.184 e. The van der Waals surface area contributed by atoms with Crippen molar-refractivity contribution in [1.29, 1.82) is 0 Å². The molecule has 24 heavy (non-hydrogen) atoms. The maximum atomic E-state index is 12.9. The second-order valence-electron chi connectivity index (χ2n) is 4.74. The number of thioether (sulfide) groups is 1. The number of ketones is 1. The molecule has 122 valence electrons. The third-order valence-electron chi connectivity index (χ3n) is 3.09. The number of rotatable bonds is 5. The number of nitrogens with zero attached hydrogens (tertiary/aromatic N) is 2. The molecule has 0 saturated heterocycles. The van der Waals surface area contributed by atoms with Crippen molar-refractivity contribution in [3.8, 4) is 5.69 Å². The van der Waals surface area contributed by atoms with Gasteiger partial charge < -0.3 is 0 Å².